The molecule has 0 saturated heterocycles. The van der Waals surface area contributed by atoms with Crippen molar-refractivity contribution in [2.75, 3.05) is 0 Å². The fourth-order valence-electron chi connectivity index (χ4n) is 1.03. The number of aliphatic imine (C=N–C) groups is 1. The van der Waals surface area contributed by atoms with E-state index in [2.05, 4.69) is 4.99 Å². The summed E-state index contributed by atoms with van der Waals surface area (Å²) < 4.78 is 37.2. The molecule has 0 spiro atoms. The van der Waals surface area contributed by atoms with Gasteiger partial charge in [0.25, 0.3) is 0 Å². The molecule has 6 heteroatoms. The van der Waals surface area contributed by atoms with Crippen LogP contribution in [0.25, 0.3) is 0 Å². The van der Waals surface area contributed by atoms with Crippen LogP contribution in [0.5, 0.6) is 0 Å². The smallest absolute Gasteiger partial charge is 0.211 e. The van der Waals surface area contributed by atoms with Crippen LogP contribution in [-0.4, -0.2) is 12.3 Å². The Labute approximate surface area is 88.4 Å². The fourth-order valence-corrected chi connectivity index (χ4v) is 1.16. The molecular formula is C9H5ClF3NO. The molecule has 0 amide bonds. The molecule has 0 fully saturated rings. The summed E-state index contributed by atoms with van der Waals surface area (Å²) in [6, 6.07) is 2.77. The molecule has 0 aliphatic rings. The van der Waals surface area contributed by atoms with Gasteiger partial charge in [-0.25, -0.2) is 4.79 Å². The van der Waals surface area contributed by atoms with E-state index in [-0.39, 0.29) is 5.56 Å². The molecule has 80 valence electrons. The Morgan fingerprint density at radius 3 is 2.20 bits per heavy atom. The second-order valence-electron chi connectivity index (χ2n) is 2.72. The van der Waals surface area contributed by atoms with Gasteiger partial charge in [-0.2, -0.15) is 18.2 Å². The summed E-state index contributed by atoms with van der Waals surface area (Å²) in [6.07, 6.45) is -3.70. The Kier molecular flexibility index (Phi) is 3.50. The van der Waals surface area contributed by atoms with Gasteiger partial charge < -0.3 is 0 Å². The van der Waals surface area contributed by atoms with Crippen molar-refractivity contribution in [3.63, 3.8) is 0 Å². The predicted molar refractivity (Wildman–Crippen MR) is 48.4 cm³/mol. The van der Waals surface area contributed by atoms with E-state index < -0.39 is 12.2 Å². The Morgan fingerprint density at radius 2 is 1.80 bits per heavy atom. The molecule has 0 aliphatic carbocycles. The number of isocyanates is 1. The zero-order valence-electron chi connectivity index (χ0n) is 7.25. The van der Waals surface area contributed by atoms with E-state index in [4.69, 9.17) is 11.6 Å². The minimum absolute atomic E-state index is 0.143. The van der Waals surface area contributed by atoms with Crippen LogP contribution in [0.4, 0.5) is 13.2 Å². The molecule has 1 aromatic rings. The lowest BCUT2D eigenvalue weighted by molar-refractivity contribution is -0.148. The summed E-state index contributed by atoms with van der Waals surface area (Å²) in [6.45, 7) is 0. The Hall–Kier alpha value is -1.32. The molecule has 0 bridgehead atoms. The first kappa shape index (κ1) is 11.8. The number of hydrogen-bond donors (Lipinski definition) is 0. The summed E-state index contributed by atoms with van der Waals surface area (Å²) in [4.78, 5) is 12.6. The third-order valence-corrected chi connectivity index (χ3v) is 1.93. The third kappa shape index (κ3) is 3.08. The van der Waals surface area contributed by atoms with E-state index in [0.717, 1.165) is 6.08 Å². The van der Waals surface area contributed by atoms with Crippen molar-refractivity contribution in [2.45, 2.75) is 12.2 Å². The summed E-state index contributed by atoms with van der Waals surface area (Å²) in [7, 11) is 0. The van der Waals surface area contributed by atoms with Crippen LogP contribution in [0.1, 0.15) is 11.6 Å². The molecule has 1 aromatic carbocycles. The summed E-state index contributed by atoms with van der Waals surface area (Å²) in [5.41, 5.74) is -0.143. The molecule has 0 aliphatic heterocycles. The predicted octanol–water partition coefficient (Wildman–Crippen LogP) is 3.28. The van der Waals surface area contributed by atoms with E-state index >= 15 is 0 Å². The first-order valence-electron chi connectivity index (χ1n) is 3.84. The van der Waals surface area contributed by atoms with Crippen molar-refractivity contribution >= 4 is 17.7 Å². The molecule has 2 nitrogen and oxygen atoms in total. The molecule has 0 saturated carbocycles. The largest absolute Gasteiger partial charge is 0.415 e. The van der Waals surface area contributed by atoms with Crippen LogP contribution in [0.3, 0.4) is 0 Å². The molecule has 0 radical (unpaired) electrons. The number of hydrogen-bond acceptors (Lipinski definition) is 2. The first-order valence-corrected chi connectivity index (χ1v) is 4.22. The van der Waals surface area contributed by atoms with Crippen LogP contribution in [0.2, 0.25) is 5.02 Å². The number of carbonyl (C=O) groups excluding carboxylic acids is 1. The first-order chi connectivity index (χ1) is 6.95. The van der Waals surface area contributed by atoms with Crippen LogP contribution in [0, 0.1) is 0 Å². The lowest BCUT2D eigenvalue weighted by Gasteiger charge is -2.14. The molecule has 0 aromatic heterocycles. The van der Waals surface area contributed by atoms with Gasteiger partial charge in [0.05, 0.1) is 0 Å². The number of benzene rings is 1. The standard InChI is InChI=1S/C9H5ClF3NO/c10-7-3-1-6(2-4-7)8(14-5-15)9(11,12)13/h1-4,8H. The zero-order valence-corrected chi connectivity index (χ0v) is 8.01. The molecule has 1 atom stereocenters. The molecule has 15 heavy (non-hydrogen) atoms. The van der Waals surface area contributed by atoms with Crippen molar-refractivity contribution in [3.8, 4) is 0 Å². The molecular weight excluding hydrogens is 231 g/mol. The summed E-state index contributed by atoms with van der Waals surface area (Å²) in [5.74, 6) is 0. The zero-order chi connectivity index (χ0) is 11.5. The second-order valence-corrected chi connectivity index (χ2v) is 3.15. The highest BCUT2D eigenvalue weighted by Crippen LogP contribution is 2.35. The minimum Gasteiger partial charge on any atom is -0.211 e. The number of rotatable bonds is 2. The fraction of sp³-hybridized carbons (Fsp3) is 0.222. The SMILES string of the molecule is O=C=NC(c1ccc(Cl)cc1)C(F)(F)F. The Balaban J connectivity index is 3.10. The molecule has 1 unspecified atom stereocenters. The van der Waals surface area contributed by atoms with Gasteiger partial charge in [-0.1, -0.05) is 23.7 Å². The Bertz CT molecular complexity index is 381. The van der Waals surface area contributed by atoms with Gasteiger partial charge in [-0.15, -0.1) is 0 Å². The highest BCUT2D eigenvalue weighted by atomic mass is 35.5. The van der Waals surface area contributed by atoms with Crippen molar-refractivity contribution in [1.29, 1.82) is 0 Å². The normalized spacial score (nSPS) is 13.1. The number of nitrogens with zero attached hydrogens (tertiary/aromatic N) is 1. The van der Waals surface area contributed by atoms with Gasteiger partial charge in [0, 0.05) is 5.02 Å². The summed E-state index contributed by atoms with van der Waals surface area (Å²) in [5, 5.41) is 0.315. The highest BCUT2D eigenvalue weighted by Gasteiger charge is 2.41. The molecule has 0 heterocycles. The van der Waals surface area contributed by atoms with Crippen LogP contribution < -0.4 is 0 Å². The van der Waals surface area contributed by atoms with E-state index in [9.17, 15) is 18.0 Å². The maximum absolute atomic E-state index is 12.4. The van der Waals surface area contributed by atoms with E-state index in [1.807, 2.05) is 0 Å². The monoisotopic (exact) mass is 235 g/mol. The topological polar surface area (TPSA) is 29.4 Å². The van der Waals surface area contributed by atoms with E-state index in [1.165, 1.54) is 24.3 Å². The maximum Gasteiger partial charge on any atom is 0.415 e. The number of alkyl halides is 3. The summed E-state index contributed by atoms with van der Waals surface area (Å²) >= 11 is 5.52. The second kappa shape index (κ2) is 4.47. The van der Waals surface area contributed by atoms with Crippen molar-refractivity contribution in [1.82, 2.24) is 0 Å². The highest BCUT2D eigenvalue weighted by molar-refractivity contribution is 6.30. The lowest BCUT2D eigenvalue weighted by atomic mass is 10.1. The van der Waals surface area contributed by atoms with Crippen LogP contribution >= 0.6 is 11.6 Å². The minimum atomic E-state index is -4.61. The van der Waals surface area contributed by atoms with Gasteiger partial charge >= 0.3 is 6.18 Å². The van der Waals surface area contributed by atoms with Gasteiger partial charge in [0.2, 0.25) is 6.08 Å². The van der Waals surface area contributed by atoms with Crippen molar-refractivity contribution in [3.05, 3.63) is 34.9 Å². The van der Waals surface area contributed by atoms with Crippen LogP contribution in [-0.2, 0) is 4.79 Å². The third-order valence-electron chi connectivity index (χ3n) is 1.68. The van der Waals surface area contributed by atoms with Crippen molar-refractivity contribution in [2.24, 2.45) is 4.99 Å². The van der Waals surface area contributed by atoms with Gasteiger partial charge in [0.1, 0.15) is 0 Å². The Morgan fingerprint density at radius 1 is 1.27 bits per heavy atom. The van der Waals surface area contributed by atoms with Crippen molar-refractivity contribution < 1.29 is 18.0 Å². The maximum atomic E-state index is 12.4. The average molecular weight is 236 g/mol. The lowest BCUT2D eigenvalue weighted by Crippen LogP contribution is -2.18. The molecule has 0 N–H and O–H groups in total. The van der Waals surface area contributed by atoms with Gasteiger partial charge in [0.15, 0.2) is 6.04 Å². The van der Waals surface area contributed by atoms with E-state index in [0.29, 0.717) is 5.02 Å². The molecule has 1 rings (SSSR count). The number of halogens is 4. The van der Waals surface area contributed by atoms with Gasteiger partial charge in [-0.3, -0.25) is 0 Å². The quantitative estimate of drug-likeness (QED) is 0.571. The average Bonchev–Trinajstić information content (AvgIpc) is 2.14. The van der Waals surface area contributed by atoms with E-state index in [1.54, 1.807) is 0 Å². The van der Waals surface area contributed by atoms with Crippen LogP contribution in [0.15, 0.2) is 29.3 Å². The van der Waals surface area contributed by atoms with Gasteiger partial charge in [-0.05, 0) is 17.7 Å².